The monoisotopic (exact) mass is 303 g/mol. The first kappa shape index (κ1) is 14.8. The fraction of sp³-hybridized carbons (Fsp3) is 0.231. The lowest BCUT2D eigenvalue weighted by atomic mass is 10.3. The Balaban J connectivity index is 1.90. The standard InChI is InChI=1S/C13H12F3NO2S/c14-13(15,16)20-12-5-1-9(2-6-12)17-7-10-3-4-11(8-18)19-10/h1-6,17-18H,7-8H2. The Hall–Kier alpha value is -1.60. The highest BCUT2D eigenvalue weighted by Crippen LogP contribution is 2.37. The SMILES string of the molecule is OCc1ccc(CNc2ccc(SC(F)(F)F)cc2)o1. The number of anilines is 1. The molecule has 1 heterocycles. The smallest absolute Gasteiger partial charge is 0.446 e. The van der Waals surface area contributed by atoms with Gasteiger partial charge in [-0.05, 0) is 48.2 Å². The van der Waals surface area contributed by atoms with Crippen LogP contribution in [0.4, 0.5) is 18.9 Å². The first-order valence-electron chi connectivity index (χ1n) is 5.74. The van der Waals surface area contributed by atoms with Crippen molar-refractivity contribution in [1.29, 1.82) is 0 Å². The van der Waals surface area contributed by atoms with E-state index in [-0.39, 0.29) is 23.3 Å². The maximum atomic E-state index is 12.2. The van der Waals surface area contributed by atoms with Gasteiger partial charge in [0.1, 0.15) is 18.1 Å². The number of hydrogen-bond donors (Lipinski definition) is 2. The van der Waals surface area contributed by atoms with Gasteiger partial charge >= 0.3 is 5.51 Å². The molecule has 0 fully saturated rings. The van der Waals surface area contributed by atoms with Gasteiger partial charge in [-0.2, -0.15) is 13.2 Å². The van der Waals surface area contributed by atoms with Gasteiger partial charge in [0.15, 0.2) is 0 Å². The molecule has 108 valence electrons. The quantitative estimate of drug-likeness (QED) is 0.820. The van der Waals surface area contributed by atoms with Crippen LogP contribution in [0.15, 0.2) is 45.7 Å². The largest absolute Gasteiger partial charge is 0.462 e. The summed E-state index contributed by atoms with van der Waals surface area (Å²) in [5.41, 5.74) is -3.58. The van der Waals surface area contributed by atoms with Gasteiger partial charge in [-0.25, -0.2) is 0 Å². The third-order valence-corrected chi connectivity index (χ3v) is 3.17. The lowest BCUT2D eigenvalue weighted by molar-refractivity contribution is -0.0328. The molecule has 0 atom stereocenters. The van der Waals surface area contributed by atoms with E-state index in [1.807, 2.05) is 0 Å². The second kappa shape index (κ2) is 6.23. The van der Waals surface area contributed by atoms with Gasteiger partial charge < -0.3 is 14.8 Å². The maximum Gasteiger partial charge on any atom is 0.446 e. The summed E-state index contributed by atoms with van der Waals surface area (Å²) in [5, 5.41) is 11.9. The predicted molar refractivity (Wildman–Crippen MR) is 70.3 cm³/mol. The van der Waals surface area contributed by atoms with E-state index >= 15 is 0 Å². The highest BCUT2D eigenvalue weighted by atomic mass is 32.2. The second-order valence-corrected chi connectivity index (χ2v) is 5.09. The Morgan fingerprint density at radius 2 is 1.70 bits per heavy atom. The molecule has 0 spiro atoms. The van der Waals surface area contributed by atoms with Gasteiger partial charge in [0.05, 0.1) is 6.54 Å². The maximum absolute atomic E-state index is 12.2. The zero-order valence-corrected chi connectivity index (χ0v) is 11.1. The molecule has 20 heavy (non-hydrogen) atoms. The van der Waals surface area contributed by atoms with Gasteiger partial charge in [-0.15, -0.1) is 0 Å². The molecule has 0 bridgehead atoms. The van der Waals surface area contributed by atoms with Gasteiger partial charge in [0.25, 0.3) is 0 Å². The highest BCUT2D eigenvalue weighted by Gasteiger charge is 2.28. The molecule has 0 saturated carbocycles. The van der Waals surface area contributed by atoms with Gasteiger partial charge in [-0.3, -0.25) is 0 Å². The summed E-state index contributed by atoms with van der Waals surface area (Å²) in [6, 6.07) is 9.35. The molecule has 0 saturated heterocycles. The van der Waals surface area contributed by atoms with Crippen LogP contribution in [0.1, 0.15) is 11.5 Å². The summed E-state index contributed by atoms with van der Waals surface area (Å²) in [5.74, 6) is 1.11. The van der Waals surface area contributed by atoms with Crippen molar-refractivity contribution in [2.24, 2.45) is 0 Å². The summed E-state index contributed by atoms with van der Waals surface area (Å²) in [7, 11) is 0. The van der Waals surface area contributed by atoms with Crippen LogP contribution in [-0.2, 0) is 13.2 Å². The zero-order valence-electron chi connectivity index (χ0n) is 10.3. The molecule has 2 N–H and O–H groups in total. The fourth-order valence-corrected chi connectivity index (χ4v) is 2.11. The van der Waals surface area contributed by atoms with E-state index in [9.17, 15) is 13.2 Å². The summed E-state index contributed by atoms with van der Waals surface area (Å²) in [6.45, 7) is 0.231. The van der Waals surface area contributed by atoms with Crippen molar-refractivity contribution in [3.05, 3.63) is 47.9 Å². The first-order chi connectivity index (χ1) is 9.46. The van der Waals surface area contributed by atoms with Crippen LogP contribution in [0.2, 0.25) is 0 Å². The van der Waals surface area contributed by atoms with Crippen molar-refractivity contribution >= 4 is 17.4 Å². The molecule has 7 heteroatoms. The van der Waals surface area contributed by atoms with E-state index in [1.165, 1.54) is 12.1 Å². The number of nitrogens with one attached hydrogen (secondary N) is 1. The Kier molecular flexibility index (Phi) is 4.61. The number of aliphatic hydroxyl groups is 1. The summed E-state index contributed by atoms with van der Waals surface area (Å²) in [6.07, 6.45) is 0. The molecule has 1 aromatic carbocycles. The first-order valence-corrected chi connectivity index (χ1v) is 6.56. The Bertz CT molecular complexity index is 551. The third-order valence-electron chi connectivity index (χ3n) is 2.43. The van der Waals surface area contributed by atoms with E-state index in [4.69, 9.17) is 9.52 Å². The van der Waals surface area contributed by atoms with E-state index in [1.54, 1.807) is 24.3 Å². The number of alkyl halides is 3. The van der Waals surface area contributed by atoms with Crippen LogP contribution in [0.5, 0.6) is 0 Å². The van der Waals surface area contributed by atoms with Gasteiger partial charge in [0.2, 0.25) is 0 Å². The van der Waals surface area contributed by atoms with Gasteiger partial charge in [-0.1, -0.05) is 0 Å². The average molecular weight is 303 g/mol. The van der Waals surface area contributed by atoms with Crippen molar-refractivity contribution in [2.75, 3.05) is 5.32 Å². The van der Waals surface area contributed by atoms with Crippen LogP contribution in [0, 0.1) is 0 Å². The topological polar surface area (TPSA) is 45.4 Å². The molecular weight excluding hydrogens is 291 g/mol. The molecule has 0 unspecified atom stereocenters. The van der Waals surface area contributed by atoms with Crippen LogP contribution in [-0.4, -0.2) is 10.6 Å². The van der Waals surface area contributed by atoms with E-state index in [2.05, 4.69) is 5.32 Å². The number of rotatable bonds is 5. The van der Waals surface area contributed by atoms with E-state index in [0.29, 0.717) is 23.8 Å². The van der Waals surface area contributed by atoms with Crippen molar-refractivity contribution in [3.63, 3.8) is 0 Å². The fourth-order valence-electron chi connectivity index (χ4n) is 1.57. The predicted octanol–water partition coefficient (Wildman–Crippen LogP) is 4.00. The Labute approximate surface area is 117 Å². The number of hydrogen-bond acceptors (Lipinski definition) is 4. The number of furan rings is 1. The van der Waals surface area contributed by atoms with E-state index in [0.717, 1.165) is 0 Å². The number of halogens is 3. The number of aliphatic hydroxyl groups excluding tert-OH is 1. The minimum Gasteiger partial charge on any atom is -0.462 e. The third kappa shape index (κ3) is 4.50. The highest BCUT2D eigenvalue weighted by molar-refractivity contribution is 8.00. The molecule has 0 aliphatic carbocycles. The Morgan fingerprint density at radius 3 is 2.25 bits per heavy atom. The number of benzene rings is 1. The normalized spacial score (nSPS) is 11.6. The number of thioether (sulfide) groups is 1. The zero-order chi connectivity index (χ0) is 14.6. The molecule has 3 nitrogen and oxygen atoms in total. The Morgan fingerprint density at radius 1 is 1.05 bits per heavy atom. The minimum atomic E-state index is -4.27. The molecule has 0 aliphatic heterocycles. The van der Waals surface area contributed by atoms with E-state index < -0.39 is 5.51 Å². The summed E-state index contributed by atoms with van der Waals surface area (Å²) < 4.78 is 41.8. The van der Waals surface area contributed by atoms with Crippen LogP contribution < -0.4 is 5.32 Å². The lowest BCUT2D eigenvalue weighted by Gasteiger charge is -2.07. The van der Waals surface area contributed by atoms with Crippen molar-refractivity contribution < 1.29 is 22.7 Å². The molecule has 0 radical (unpaired) electrons. The molecule has 0 amide bonds. The average Bonchev–Trinajstić information content (AvgIpc) is 2.84. The minimum absolute atomic E-state index is 0.142. The molecular formula is C13H12F3NO2S. The molecule has 1 aromatic heterocycles. The van der Waals surface area contributed by atoms with Crippen molar-refractivity contribution in [3.8, 4) is 0 Å². The van der Waals surface area contributed by atoms with Crippen LogP contribution in [0.3, 0.4) is 0 Å². The second-order valence-electron chi connectivity index (χ2n) is 3.95. The summed E-state index contributed by atoms with van der Waals surface area (Å²) >= 11 is -0.144. The molecule has 2 aromatic rings. The van der Waals surface area contributed by atoms with Crippen molar-refractivity contribution in [1.82, 2.24) is 0 Å². The molecule has 2 rings (SSSR count). The molecule has 0 aliphatic rings. The van der Waals surface area contributed by atoms with Gasteiger partial charge in [0, 0.05) is 10.6 Å². The van der Waals surface area contributed by atoms with Crippen LogP contribution >= 0.6 is 11.8 Å². The van der Waals surface area contributed by atoms with Crippen molar-refractivity contribution in [2.45, 2.75) is 23.6 Å². The van der Waals surface area contributed by atoms with Crippen LogP contribution in [0.25, 0.3) is 0 Å². The lowest BCUT2D eigenvalue weighted by Crippen LogP contribution is -2.00. The summed E-state index contributed by atoms with van der Waals surface area (Å²) in [4.78, 5) is 0.142.